The molecule has 2 atom stereocenters. The molecule has 2 aromatic rings. The molecule has 0 saturated carbocycles. The summed E-state index contributed by atoms with van der Waals surface area (Å²) in [6, 6.07) is 14.8. The third-order valence-corrected chi connectivity index (χ3v) is 5.09. The van der Waals surface area contributed by atoms with Crippen molar-refractivity contribution in [2.24, 2.45) is 5.92 Å². The average Bonchev–Trinajstić information content (AvgIpc) is 2.68. The van der Waals surface area contributed by atoms with Crippen molar-refractivity contribution in [3.63, 3.8) is 0 Å². The lowest BCUT2D eigenvalue weighted by molar-refractivity contribution is -0.151. The Morgan fingerprint density at radius 3 is 2.43 bits per heavy atom. The van der Waals surface area contributed by atoms with Crippen LogP contribution < -0.4 is 4.90 Å². The van der Waals surface area contributed by atoms with Crippen molar-refractivity contribution in [1.82, 2.24) is 0 Å². The number of hydrogen-bond donors (Lipinski definition) is 1. The molecular weight excluding hydrogens is 354 g/mol. The second-order valence-corrected chi connectivity index (χ2v) is 7.12. The van der Waals surface area contributed by atoms with Gasteiger partial charge in [0.25, 0.3) is 0 Å². The minimum Gasteiger partial charge on any atom is -0.507 e. The predicted molar refractivity (Wildman–Crippen MR) is 109 cm³/mol. The van der Waals surface area contributed by atoms with Crippen molar-refractivity contribution in [3.05, 3.63) is 65.7 Å². The molecule has 0 saturated heterocycles. The van der Waals surface area contributed by atoms with Gasteiger partial charge >= 0.3 is 5.97 Å². The number of ether oxygens (including phenoxy) is 1. The van der Waals surface area contributed by atoms with Crippen molar-refractivity contribution in [2.45, 2.75) is 19.3 Å². The topological polar surface area (TPSA) is 66.8 Å². The second-order valence-electron chi connectivity index (χ2n) is 7.12. The summed E-state index contributed by atoms with van der Waals surface area (Å²) in [5, 5.41) is 10.2. The fourth-order valence-corrected chi connectivity index (χ4v) is 3.65. The van der Waals surface area contributed by atoms with Gasteiger partial charge in [-0.2, -0.15) is 0 Å². The number of aromatic hydroxyl groups is 1. The molecule has 0 fully saturated rings. The van der Waals surface area contributed by atoms with E-state index < -0.39 is 11.9 Å². The van der Waals surface area contributed by atoms with Gasteiger partial charge in [0.05, 0.1) is 6.61 Å². The highest BCUT2D eigenvalue weighted by molar-refractivity contribution is 6.11. The molecule has 0 bridgehead atoms. The lowest BCUT2D eigenvalue weighted by Crippen LogP contribution is -2.34. The molecule has 2 unspecified atom stereocenters. The van der Waals surface area contributed by atoms with Crippen LogP contribution in [0.15, 0.2) is 54.6 Å². The lowest BCUT2D eigenvalue weighted by atomic mass is 9.73. The number of nitrogens with zero attached hydrogens (tertiary/aromatic N) is 1. The molecule has 3 rings (SSSR count). The zero-order valence-corrected chi connectivity index (χ0v) is 16.4. The molecule has 0 aliphatic heterocycles. The molecule has 0 aromatic heterocycles. The van der Waals surface area contributed by atoms with Crippen LogP contribution in [0.4, 0.5) is 5.69 Å². The van der Waals surface area contributed by atoms with E-state index in [4.69, 9.17) is 4.74 Å². The molecule has 1 aliphatic carbocycles. The summed E-state index contributed by atoms with van der Waals surface area (Å²) in [5.74, 6) is -1.88. The molecule has 2 aromatic carbocycles. The van der Waals surface area contributed by atoms with Gasteiger partial charge in [0.15, 0.2) is 5.78 Å². The van der Waals surface area contributed by atoms with Gasteiger partial charge in [0.2, 0.25) is 0 Å². The number of para-hydroxylation sites is 1. The fraction of sp³-hybridized carbons (Fsp3) is 0.304. The van der Waals surface area contributed by atoms with Crippen molar-refractivity contribution in [1.29, 1.82) is 0 Å². The number of phenols is 1. The average molecular weight is 379 g/mol. The summed E-state index contributed by atoms with van der Waals surface area (Å²) in [6.45, 7) is 1.96. The molecule has 0 radical (unpaired) electrons. The normalized spacial score (nSPS) is 19.1. The largest absolute Gasteiger partial charge is 0.507 e. The summed E-state index contributed by atoms with van der Waals surface area (Å²) in [7, 11) is 3.92. The van der Waals surface area contributed by atoms with E-state index in [0.717, 1.165) is 16.8 Å². The summed E-state index contributed by atoms with van der Waals surface area (Å²) in [5.41, 5.74) is 3.28. The van der Waals surface area contributed by atoms with Crippen LogP contribution in [-0.4, -0.2) is 37.6 Å². The van der Waals surface area contributed by atoms with Gasteiger partial charge in [-0.15, -0.1) is 0 Å². The van der Waals surface area contributed by atoms with Crippen molar-refractivity contribution in [3.8, 4) is 5.75 Å². The van der Waals surface area contributed by atoms with Gasteiger partial charge in [-0.3, -0.25) is 9.59 Å². The van der Waals surface area contributed by atoms with Crippen molar-refractivity contribution < 1.29 is 19.4 Å². The van der Waals surface area contributed by atoms with E-state index in [1.54, 1.807) is 25.1 Å². The molecule has 1 N–H and O–H groups in total. The molecule has 5 heteroatoms. The Kier molecular flexibility index (Phi) is 5.83. The van der Waals surface area contributed by atoms with Gasteiger partial charge in [-0.1, -0.05) is 30.3 Å². The highest BCUT2D eigenvalue weighted by atomic mass is 16.5. The van der Waals surface area contributed by atoms with Crippen LogP contribution in [0.5, 0.6) is 5.75 Å². The third kappa shape index (κ3) is 3.93. The Bertz CT molecular complexity index is 899. The number of carbonyl (C=O) groups is 2. The monoisotopic (exact) mass is 379 g/mol. The number of ketones is 1. The number of carbonyl (C=O) groups excluding carboxylic acids is 2. The highest BCUT2D eigenvalue weighted by Crippen LogP contribution is 2.42. The number of allylic oxidation sites excluding steroid dienone is 2. The highest BCUT2D eigenvalue weighted by Gasteiger charge is 2.40. The van der Waals surface area contributed by atoms with Gasteiger partial charge in [-0.05, 0) is 48.8 Å². The Morgan fingerprint density at radius 2 is 1.82 bits per heavy atom. The second kappa shape index (κ2) is 8.30. The van der Waals surface area contributed by atoms with E-state index in [1.165, 1.54) is 6.08 Å². The third-order valence-electron chi connectivity index (χ3n) is 5.09. The number of hydrogen-bond acceptors (Lipinski definition) is 5. The maximum atomic E-state index is 12.9. The van der Waals surface area contributed by atoms with Crippen molar-refractivity contribution >= 4 is 23.0 Å². The first-order valence-electron chi connectivity index (χ1n) is 9.39. The molecule has 146 valence electrons. The fourth-order valence-electron chi connectivity index (χ4n) is 3.65. The number of esters is 1. The van der Waals surface area contributed by atoms with E-state index in [9.17, 15) is 14.7 Å². The summed E-state index contributed by atoms with van der Waals surface area (Å²) >= 11 is 0. The molecule has 0 spiro atoms. The predicted octanol–water partition coefficient (Wildman–Crippen LogP) is 3.78. The summed E-state index contributed by atoms with van der Waals surface area (Å²) < 4.78 is 5.18. The zero-order valence-electron chi connectivity index (χ0n) is 16.4. The van der Waals surface area contributed by atoms with Crippen LogP contribution in [0, 0.1) is 5.92 Å². The van der Waals surface area contributed by atoms with E-state index >= 15 is 0 Å². The number of rotatable bonds is 5. The Labute approximate surface area is 165 Å². The quantitative estimate of drug-likeness (QED) is 0.633. The van der Waals surface area contributed by atoms with Gasteiger partial charge in [-0.25, -0.2) is 0 Å². The number of phenolic OH excluding ortho intramolecular Hbond substituents is 1. The Balaban J connectivity index is 2.02. The minimum atomic E-state index is -0.875. The van der Waals surface area contributed by atoms with Crippen LogP contribution in [0.1, 0.15) is 30.4 Å². The number of benzene rings is 2. The first-order chi connectivity index (χ1) is 13.4. The summed E-state index contributed by atoms with van der Waals surface area (Å²) in [6.07, 6.45) is 1.94. The number of anilines is 1. The molecular formula is C23H25NO4. The molecule has 1 aliphatic rings. The van der Waals surface area contributed by atoms with Crippen LogP contribution >= 0.6 is 0 Å². The molecule has 5 nitrogen and oxygen atoms in total. The zero-order chi connectivity index (χ0) is 20.3. The molecule has 0 amide bonds. The van der Waals surface area contributed by atoms with E-state index in [2.05, 4.69) is 0 Å². The van der Waals surface area contributed by atoms with Crippen molar-refractivity contribution in [2.75, 3.05) is 25.6 Å². The molecule has 28 heavy (non-hydrogen) atoms. The maximum Gasteiger partial charge on any atom is 0.317 e. The smallest absolute Gasteiger partial charge is 0.317 e. The van der Waals surface area contributed by atoms with Crippen LogP contribution in [-0.2, 0) is 14.3 Å². The van der Waals surface area contributed by atoms with Crippen LogP contribution in [0.3, 0.4) is 0 Å². The van der Waals surface area contributed by atoms with Crippen LogP contribution in [0.25, 0.3) is 5.57 Å². The summed E-state index contributed by atoms with van der Waals surface area (Å²) in [4.78, 5) is 27.4. The van der Waals surface area contributed by atoms with Gasteiger partial charge in [0.1, 0.15) is 11.7 Å². The maximum absolute atomic E-state index is 12.9. The van der Waals surface area contributed by atoms with E-state index in [1.807, 2.05) is 49.3 Å². The van der Waals surface area contributed by atoms with Gasteiger partial charge < -0.3 is 14.7 Å². The first-order valence-corrected chi connectivity index (χ1v) is 9.39. The van der Waals surface area contributed by atoms with E-state index in [0.29, 0.717) is 12.0 Å². The van der Waals surface area contributed by atoms with Gasteiger partial charge in [0, 0.05) is 31.3 Å². The van der Waals surface area contributed by atoms with E-state index in [-0.39, 0.29) is 24.1 Å². The standard InChI is InChI=1S/C23H25NO4/c1-4-28-23(27)22-19(15-9-11-17(12-10-15)24(2)3)13-16(14-21(22)26)18-7-5-6-8-20(18)25/h5-12,14,19,22,25H,4,13H2,1-3H3. The Hall–Kier alpha value is -3.08. The minimum absolute atomic E-state index is 0.123. The lowest BCUT2D eigenvalue weighted by Gasteiger charge is -2.30. The SMILES string of the molecule is CCOC(=O)C1C(=O)C=C(c2ccccc2O)CC1c1ccc(N(C)C)cc1. The Morgan fingerprint density at radius 1 is 1.14 bits per heavy atom. The van der Waals surface area contributed by atoms with Crippen LogP contribution in [0.2, 0.25) is 0 Å². The molecule has 0 heterocycles. The first kappa shape index (κ1) is 19.7.